The summed E-state index contributed by atoms with van der Waals surface area (Å²) in [5, 5.41) is 3.74. The van der Waals surface area contributed by atoms with Gasteiger partial charge in [-0.2, -0.15) is 0 Å². The van der Waals surface area contributed by atoms with Gasteiger partial charge in [-0.3, -0.25) is 14.1 Å². The van der Waals surface area contributed by atoms with Crippen molar-refractivity contribution in [1.29, 1.82) is 0 Å². The van der Waals surface area contributed by atoms with Gasteiger partial charge >= 0.3 is 0 Å². The Morgan fingerprint density at radius 1 is 0.935 bits per heavy atom. The maximum absolute atomic E-state index is 13.1. The number of nitrogens with zero attached hydrogens (tertiary/aromatic N) is 2. The molecule has 0 aliphatic carbocycles. The van der Waals surface area contributed by atoms with Crippen LogP contribution in [0, 0.1) is 0 Å². The minimum Gasteiger partial charge on any atom is -0.321 e. The number of rotatable bonds is 4. The van der Waals surface area contributed by atoms with Crippen LogP contribution in [0.25, 0.3) is 10.9 Å². The van der Waals surface area contributed by atoms with E-state index >= 15 is 0 Å². The van der Waals surface area contributed by atoms with Crippen LogP contribution in [-0.4, -0.2) is 25.9 Å². The highest BCUT2D eigenvalue weighted by Gasteiger charge is 2.30. The van der Waals surface area contributed by atoms with Gasteiger partial charge < -0.3 is 5.32 Å². The number of hydrogen-bond acceptors (Lipinski definition) is 4. The number of benzene rings is 3. The van der Waals surface area contributed by atoms with Crippen molar-refractivity contribution >= 4 is 38.2 Å². The lowest BCUT2D eigenvalue weighted by Crippen LogP contribution is -2.29. The van der Waals surface area contributed by atoms with Crippen LogP contribution in [0.1, 0.15) is 15.9 Å². The third kappa shape index (κ3) is 3.53. The van der Waals surface area contributed by atoms with Crippen molar-refractivity contribution < 1.29 is 13.2 Å². The molecule has 0 saturated heterocycles. The first-order chi connectivity index (χ1) is 15.0. The second-order valence-corrected chi connectivity index (χ2v) is 9.21. The molecule has 1 aliphatic rings. The van der Waals surface area contributed by atoms with Gasteiger partial charge in [-0.15, -0.1) is 0 Å². The highest BCUT2D eigenvalue weighted by molar-refractivity contribution is 7.92. The number of carbonyl (C=O) groups excluding carboxylic acids is 1. The predicted octanol–water partition coefficient (Wildman–Crippen LogP) is 4.24. The van der Waals surface area contributed by atoms with Gasteiger partial charge in [0.2, 0.25) is 0 Å². The summed E-state index contributed by atoms with van der Waals surface area (Å²) in [4.78, 5) is 17.1. The molecule has 0 saturated carbocycles. The lowest BCUT2D eigenvalue weighted by molar-refractivity contribution is 0.102. The second kappa shape index (κ2) is 7.52. The SMILES string of the molecule is O=C(Nc1cnc2ccccc2c1)c1ccc(S(=O)(=O)N2CCc3ccccc32)cc1. The zero-order valence-electron chi connectivity index (χ0n) is 16.5. The van der Waals surface area contributed by atoms with Gasteiger partial charge in [0.15, 0.2) is 0 Å². The molecule has 5 rings (SSSR count). The van der Waals surface area contributed by atoms with Crippen molar-refractivity contribution in [3.63, 3.8) is 0 Å². The quantitative estimate of drug-likeness (QED) is 0.526. The number of amides is 1. The van der Waals surface area contributed by atoms with Crippen LogP contribution in [0.2, 0.25) is 0 Å². The molecule has 1 aliphatic heterocycles. The smallest absolute Gasteiger partial charge is 0.264 e. The predicted molar refractivity (Wildman–Crippen MR) is 121 cm³/mol. The van der Waals surface area contributed by atoms with Crippen LogP contribution in [-0.2, 0) is 16.4 Å². The van der Waals surface area contributed by atoms with Crippen LogP contribution in [0.5, 0.6) is 0 Å². The molecule has 1 aromatic heterocycles. The standard InChI is InChI=1S/C24H19N3O3S/c28-24(26-20-15-19-6-1-3-7-22(19)25-16-20)18-9-11-21(12-10-18)31(29,30)27-14-13-17-5-2-4-8-23(17)27/h1-12,15-16H,13-14H2,(H,26,28). The first-order valence-corrected chi connectivity index (χ1v) is 11.3. The third-order valence-electron chi connectivity index (χ3n) is 5.40. The van der Waals surface area contributed by atoms with Gasteiger partial charge in [0.1, 0.15) is 0 Å². The van der Waals surface area contributed by atoms with E-state index in [2.05, 4.69) is 10.3 Å². The van der Waals surface area contributed by atoms with Crippen molar-refractivity contribution in [2.75, 3.05) is 16.2 Å². The fourth-order valence-electron chi connectivity index (χ4n) is 3.81. The van der Waals surface area contributed by atoms with Crippen LogP contribution in [0.15, 0.2) is 90.0 Å². The first-order valence-electron chi connectivity index (χ1n) is 9.89. The van der Waals surface area contributed by atoms with Crippen molar-refractivity contribution in [2.45, 2.75) is 11.3 Å². The van der Waals surface area contributed by atoms with E-state index in [1.807, 2.05) is 54.6 Å². The molecule has 2 heterocycles. The average Bonchev–Trinajstić information content (AvgIpc) is 3.24. The van der Waals surface area contributed by atoms with Crippen molar-refractivity contribution in [3.05, 3.63) is 96.2 Å². The first kappa shape index (κ1) is 19.3. The number of para-hydroxylation sites is 2. The molecule has 1 amide bonds. The summed E-state index contributed by atoms with van der Waals surface area (Å²) in [6.07, 6.45) is 2.29. The van der Waals surface area contributed by atoms with Crippen LogP contribution in [0.3, 0.4) is 0 Å². The fourth-order valence-corrected chi connectivity index (χ4v) is 5.31. The maximum Gasteiger partial charge on any atom is 0.264 e. The Morgan fingerprint density at radius 3 is 2.52 bits per heavy atom. The Labute approximate surface area is 180 Å². The number of carbonyl (C=O) groups is 1. The number of anilines is 2. The summed E-state index contributed by atoms with van der Waals surface area (Å²) in [6.45, 7) is 0.416. The number of pyridine rings is 1. The molecular weight excluding hydrogens is 410 g/mol. The molecule has 7 heteroatoms. The summed E-state index contributed by atoms with van der Waals surface area (Å²) >= 11 is 0. The summed E-state index contributed by atoms with van der Waals surface area (Å²) in [5.41, 5.74) is 3.53. The minimum atomic E-state index is -3.69. The number of sulfonamides is 1. The topological polar surface area (TPSA) is 79.4 Å². The van der Waals surface area contributed by atoms with Crippen LogP contribution < -0.4 is 9.62 Å². The summed E-state index contributed by atoms with van der Waals surface area (Å²) in [7, 11) is -3.69. The van der Waals surface area contributed by atoms with E-state index in [1.165, 1.54) is 28.6 Å². The molecular formula is C24H19N3O3S. The van der Waals surface area contributed by atoms with Crippen molar-refractivity contribution in [1.82, 2.24) is 4.98 Å². The largest absolute Gasteiger partial charge is 0.321 e. The Hall–Kier alpha value is -3.71. The summed E-state index contributed by atoms with van der Waals surface area (Å²) < 4.78 is 27.7. The van der Waals surface area contributed by atoms with Crippen molar-refractivity contribution in [3.8, 4) is 0 Å². The Bertz CT molecular complexity index is 1400. The van der Waals surface area contributed by atoms with E-state index in [9.17, 15) is 13.2 Å². The van der Waals surface area contributed by atoms with E-state index in [0.29, 0.717) is 29.9 Å². The number of nitrogens with one attached hydrogen (secondary N) is 1. The van der Waals surface area contributed by atoms with E-state index in [1.54, 1.807) is 6.20 Å². The molecule has 1 N–H and O–H groups in total. The molecule has 0 radical (unpaired) electrons. The molecule has 0 unspecified atom stereocenters. The normalized spacial score (nSPS) is 13.2. The molecule has 3 aromatic carbocycles. The number of aromatic nitrogens is 1. The maximum atomic E-state index is 13.1. The van der Waals surface area contributed by atoms with E-state index in [4.69, 9.17) is 0 Å². The molecule has 0 fully saturated rings. The molecule has 6 nitrogen and oxygen atoms in total. The highest BCUT2D eigenvalue weighted by Crippen LogP contribution is 2.32. The summed E-state index contributed by atoms with van der Waals surface area (Å²) in [5.74, 6) is -0.326. The van der Waals surface area contributed by atoms with Gasteiger partial charge in [0.25, 0.3) is 15.9 Å². The fraction of sp³-hybridized carbons (Fsp3) is 0.0833. The van der Waals surface area contributed by atoms with Crippen molar-refractivity contribution in [2.24, 2.45) is 0 Å². The van der Waals surface area contributed by atoms with Gasteiger partial charge in [0.05, 0.1) is 28.0 Å². The summed E-state index contributed by atoms with van der Waals surface area (Å²) in [6, 6.07) is 23.0. The van der Waals surface area contributed by atoms with Gasteiger partial charge in [0, 0.05) is 17.5 Å². The molecule has 0 atom stereocenters. The zero-order valence-corrected chi connectivity index (χ0v) is 17.3. The van der Waals surface area contributed by atoms with Crippen LogP contribution in [0.4, 0.5) is 11.4 Å². The van der Waals surface area contributed by atoms with Crippen LogP contribution >= 0.6 is 0 Å². The third-order valence-corrected chi connectivity index (χ3v) is 7.22. The Morgan fingerprint density at radius 2 is 1.68 bits per heavy atom. The lowest BCUT2D eigenvalue weighted by atomic mass is 10.2. The Balaban J connectivity index is 1.36. The van der Waals surface area contributed by atoms with E-state index in [-0.39, 0.29) is 10.8 Å². The number of fused-ring (bicyclic) bond motifs is 2. The molecule has 4 aromatic rings. The molecule has 31 heavy (non-hydrogen) atoms. The average molecular weight is 430 g/mol. The highest BCUT2D eigenvalue weighted by atomic mass is 32.2. The van der Waals surface area contributed by atoms with Gasteiger partial charge in [-0.1, -0.05) is 36.4 Å². The molecule has 0 spiro atoms. The minimum absolute atomic E-state index is 0.160. The van der Waals surface area contributed by atoms with E-state index in [0.717, 1.165) is 16.5 Å². The van der Waals surface area contributed by atoms with E-state index < -0.39 is 10.0 Å². The monoisotopic (exact) mass is 429 g/mol. The second-order valence-electron chi connectivity index (χ2n) is 7.35. The van der Waals surface area contributed by atoms with Gasteiger partial charge in [-0.05, 0) is 54.4 Å². The van der Waals surface area contributed by atoms with Gasteiger partial charge in [-0.25, -0.2) is 8.42 Å². The number of hydrogen-bond donors (Lipinski definition) is 1. The zero-order chi connectivity index (χ0) is 21.4. The lowest BCUT2D eigenvalue weighted by Gasteiger charge is -2.19. The Kier molecular flexibility index (Phi) is 4.67. The molecule has 0 bridgehead atoms. The molecule has 154 valence electrons.